The van der Waals surface area contributed by atoms with Gasteiger partial charge in [0.2, 0.25) is 0 Å². The highest BCUT2D eigenvalue weighted by Gasteiger charge is 2.18. The molecule has 0 aliphatic heterocycles. The molecule has 0 aromatic heterocycles. The maximum Gasteiger partial charge on any atom is 0.251 e. The van der Waals surface area contributed by atoms with Crippen molar-refractivity contribution in [1.82, 2.24) is 5.32 Å². The van der Waals surface area contributed by atoms with E-state index in [1.165, 1.54) is 0 Å². The van der Waals surface area contributed by atoms with Crippen LogP contribution in [0.1, 0.15) is 36.2 Å². The van der Waals surface area contributed by atoms with Crippen LogP contribution < -0.4 is 5.32 Å². The summed E-state index contributed by atoms with van der Waals surface area (Å²) in [4.78, 5) is 12.0. The van der Waals surface area contributed by atoms with Gasteiger partial charge in [0.05, 0.1) is 0 Å². The molecule has 0 aliphatic rings. The van der Waals surface area contributed by atoms with Crippen molar-refractivity contribution >= 4 is 37.8 Å². The number of aryl methyl sites for hydroxylation is 1. The molecule has 1 aromatic rings. The molecule has 0 fully saturated rings. The number of halogens is 2. The molecule has 100 valence electrons. The zero-order valence-corrected chi connectivity index (χ0v) is 14.2. The van der Waals surface area contributed by atoms with Crippen LogP contribution in [0.2, 0.25) is 0 Å². The second-order valence-electron chi connectivity index (χ2n) is 5.25. The molecule has 2 nitrogen and oxygen atoms in total. The van der Waals surface area contributed by atoms with Gasteiger partial charge >= 0.3 is 0 Å². The largest absolute Gasteiger partial charge is 0.352 e. The van der Waals surface area contributed by atoms with Gasteiger partial charge in [-0.15, -0.1) is 0 Å². The minimum absolute atomic E-state index is 0.00625. The lowest BCUT2D eigenvalue weighted by Crippen LogP contribution is -2.34. The van der Waals surface area contributed by atoms with Gasteiger partial charge in [0, 0.05) is 21.9 Å². The number of nitrogens with one attached hydrogen (secondary N) is 1. The summed E-state index contributed by atoms with van der Waals surface area (Å²) in [7, 11) is 0. The Bertz CT molecular complexity index is 430. The van der Waals surface area contributed by atoms with E-state index in [0.29, 0.717) is 12.1 Å². The summed E-state index contributed by atoms with van der Waals surface area (Å²) in [5.74, 6) is -0.00625. The van der Waals surface area contributed by atoms with Crippen molar-refractivity contribution in [2.45, 2.75) is 27.2 Å². The maximum absolute atomic E-state index is 12.0. The molecule has 1 aromatic carbocycles. The Kier molecular flexibility index (Phi) is 5.86. The summed E-state index contributed by atoms with van der Waals surface area (Å²) in [6.07, 6.45) is 1.03. The highest BCUT2D eigenvalue weighted by molar-refractivity contribution is 9.10. The molecule has 0 aliphatic carbocycles. The van der Waals surface area contributed by atoms with Crippen LogP contribution in [0.25, 0.3) is 0 Å². The monoisotopic (exact) mass is 375 g/mol. The average Bonchev–Trinajstić information content (AvgIpc) is 2.30. The maximum atomic E-state index is 12.0. The van der Waals surface area contributed by atoms with Gasteiger partial charge in [0.1, 0.15) is 0 Å². The molecule has 18 heavy (non-hydrogen) atoms. The van der Waals surface area contributed by atoms with E-state index in [-0.39, 0.29) is 11.3 Å². The molecule has 0 saturated heterocycles. The Morgan fingerprint density at radius 3 is 2.61 bits per heavy atom. The van der Waals surface area contributed by atoms with Gasteiger partial charge in [0.15, 0.2) is 0 Å². The lowest BCUT2D eigenvalue weighted by atomic mass is 9.90. The van der Waals surface area contributed by atoms with Crippen molar-refractivity contribution < 1.29 is 4.79 Å². The Labute approximate surface area is 126 Å². The van der Waals surface area contributed by atoms with Crippen LogP contribution in [-0.4, -0.2) is 17.8 Å². The molecule has 0 spiro atoms. The first-order chi connectivity index (χ1) is 8.35. The number of carbonyl (C=O) groups is 1. The third-order valence-electron chi connectivity index (χ3n) is 2.92. The van der Waals surface area contributed by atoms with Crippen molar-refractivity contribution in [2.75, 3.05) is 11.9 Å². The molecule has 0 heterocycles. The first-order valence-corrected chi connectivity index (χ1v) is 7.87. The summed E-state index contributed by atoms with van der Waals surface area (Å²) < 4.78 is 1.03. The first-order valence-electron chi connectivity index (χ1n) is 5.96. The van der Waals surface area contributed by atoms with Gasteiger partial charge in [-0.1, -0.05) is 45.7 Å². The van der Waals surface area contributed by atoms with Gasteiger partial charge in [-0.3, -0.25) is 4.79 Å². The molecule has 0 unspecified atom stereocenters. The minimum atomic E-state index is -0.00625. The van der Waals surface area contributed by atoms with Crippen molar-refractivity contribution in [3.8, 4) is 0 Å². The predicted octanol–water partition coefficient (Wildman–Crippen LogP) is 4.30. The van der Waals surface area contributed by atoms with Crippen molar-refractivity contribution in [3.05, 3.63) is 33.8 Å². The highest BCUT2D eigenvalue weighted by atomic mass is 79.9. The van der Waals surface area contributed by atoms with E-state index in [4.69, 9.17) is 0 Å². The van der Waals surface area contributed by atoms with Crippen molar-refractivity contribution in [1.29, 1.82) is 0 Å². The number of benzene rings is 1. The van der Waals surface area contributed by atoms with Gasteiger partial charge in [-0.2, -0.15) is 0 Å². The topological polar surface area (TPSA) is 29.1 Å². The molecule has 1 rings (SSSR count). The second-order valence-corrected chi connectivity index (χ2v) is 6.90. The lowest BCUT2D eigenvalue weighted by Gasteiger charge is -2.23. The zero-order chi connectivity index (χ0) is 13.8. The van der Waals surface area contributed by atoms with E-state index in [2.05, 4.69) is 51.0 Å². The van der Waals surface area contributed by atoms with E-state index in [1.54, 1.807) is 0 Å². The average molecular weight is 377 g/mol. The third-order valence-corrected chi connectivity index (χ3v) is 4.21. The summed E-state index contributed by atoms with van der Waals surface area (Å²) in [5.41, 5.74) is 1.90. The SMILES string of the molecule is Cc1cc(C(=O)NCC(C)(C)CCBr)ccc1Br. The van der Waals surface area contributed by atoms with E-state index < -0.39 is 0 Å². The van der Waals surface area contributed by atoms with E-state index in [9.17, 15) is 4.79 Å². The molecule has 0 atom stereocenters. The number of hydrogen-bond acceptors (Lipinski definition) is 1. The summed E-state index contributed by atoms with van der Waals surface area (Å²) >= 11 is 6.87. The number of alkyl halides is 1. The van der Waals surface area contributed by atoms with E-state index in [1.807, 2.05) is 25.1 Å². The van der Waals surface area contributed by atoms with Crippen LogP contribution in [0.4, 0.5) is 0 Å². The first kappa shape index (κ1) is 15.7. The van der Waals surface area contributed by atoms with Crippen LogP contribution >= 0.6 is 31.9 Å². The molecule has 0 bridgehead atoms. The molecular formula is C14H19Br2NO. The van der Waals surface area contributed by atoms with Crippen LogP contribution in [0, 0.1) is 12.3 Å². The standard InChI is InChI=1S/C14H19Br2NO/c1-10-8-11(4-5-12(10)16)13(18)17-9-14(2,3)6-7-15/h4-5,8H,6-7,9H2,1-3H3,(H,17,18). The number of amides is 1. The van der Waals surface area contributed by atoms with Crippen LogP contribution in [0.5, 0.6) is 0 Å². The second kappa shape index (κ2) is 6.71. The molecule has 1 amide bonds. The highest BCUT2D eigenvalue weighted by Crippen LogP contribution is 2.21. The van der Waals surface area contributed by atoms with Gasteiger partial charge in [-0.25, -0.2) is 0 Å². The van der Waals surface area contributed by atoms with Gasteiger partial charge < -0.3 is 5.32 Å². The lowest BCUT2D eigenvalue weighted by molar-refractivity contribution is 0.0936. The van der Waals surface area contributed by atoms with Crippen molar-refractivity contribution in [2.24, 2.45) is 5.41 Å². The van der Waals surface area contributed by atoms with Crippen LogP contribution in [0.3, 0.4) is 0 Å². The minimum Gasteiger partial charge on any atom is -0.352 e. The summed E-state index contributed by atoms with van der Waals surface area (Å²) in [5, 5.41) is 3.95. The molecule has 0 radical (unpaired) electrons. The van der Waals surface area contributed by atoms with Gasteiger partial charge in [0.25, 0.3) is 5.91 Å². The number of carbonyl (C=O) groups excluding carboxylic acids is 1. The fourth-order valence-corrected chi connectivity index (χ4v) is 2.87. The number of rotatable bonds is 5. The van der Waals surface area contributed by atoms with Crippen molar-refractivity contribution in [3.63, 3.8) is 0 Å². The normalized spacial score (nSPS) is 11.4. The molecule has 0 saturated carbocycles. The summed E-state index contributed by atoms with van der Waals surface area (Å²) in [6, 6.07) is 5.65. The van der Waals surface area contributed by atoms with Crippen LogP contribution in [0.15, 0.2) is 22.7 Å². The predicted molar refractivity (Wildman–Crippen MR) is 83.4 cm³/mol. The fraction of sp³-hybridized carbons (Fsp3) is 0.500. The Hall–Kier alpha value is -0.350. The molecular weight excluding hydrogens is 358 g/mol. The zero-order valence-electron chi connectivity index (χ0n) is 11.0. The number of hydrogen-bond donors (Lipinski definition) is 1. The smallest absolute Gasteiger partial charge is 0.251 e. The quantitative estimate of drug-likeness (QED) is 0.762. The molecule has 1 N–H and O–H groups in total. The van der Waals surface area contributed by atoms with Gasteiger partial charge in [-0.05, 0) is 42.5 Å². The van der Waals surface area contributed by atoms with Crippen LogP contribution in [-0.2, 0) is 0 Å². The van der Waals surface area contributed by atoms with E-state index in [0.717, 1.165) is 21.8 Å². The summed E-state index contributed by atoms with van der Waals surface area (Å²) in [6.45, 7) is 6.98. The Morgan fingerprint density at radius 1 is 1.39 bits per heavy atom. The van der Waals surface area contributed by atoms with E-state index >= 15 is 0 Å². The Balaban J connectivity index is 2.63. The fourth-order valence-electron chi connectivity index (χ4n) is 1.55. The molecule has 4 heteroatoms. The Morgan fingerprint density at radius 2 is 2.06 bits per heavy atom. The third kappa shape index (κ3) is 4.73.